The molecule has 0 spiro atoms. The van der Waals surface area contributed by atoms with E-state index in [4.69, 9.17) is 19.9 Å². The second-order valence-corrected chi connectivity index (χ2v) is 15.4. The number of aromatic nitrogens is 5. The van der Waals surface area contributed by atoms with Gasteiger partial charge in [0.2, 0.25) is 0 Å². The first kappa shape index (κ1) is 33.4. The van der Waals surface area contributed by atoms with Gasteiger partial charge in [-0.05, 0) is 91.0 Å². The van der Waals surface area contributed by atoms with Gasteiger partial charge in [0.1, 0.15) is 5.82 Å². The average Bonchev–Trinajstić information content (AvgIpc) is 3.84. The van der Waals surface area contributed by atoms with Crippen LogP contribution in [-0.2, 0) is 0 Å². The summed E-state index contributed by atoms with van der Waals surface area (Å²) >= 11 is 0. The molecule has 1 atom stereocenters. The van der Waals surface area contributed by atoms with Crippen molar-refractivity contribution < 1.29 is 0 Å². The minimum atomic E-state index is 0.269. The van der Waals surface area contributed by atoms with Crippen molar-refractivity contribution in [3.8, 4) is 62.4 Å². The molecule has 0 saturated carbocycles. The summed E-state index contributed by atoms with van der Waals surface area (Å²) in [6, 6.07) is 66.5. The van der Waals surface area contributed by atoms with Gasteiger partial charge in [-0.2, -0.15) is 0 Å². The van der Waals surface area contributed by atoms with Crippen molar-refractivity contribution in [2.24, 2.45) is 0 Å². The third-order valence-corrected chi connectivity index (χ3v) is 12.1. The van der Waals surface area contributed by atoms with Crippen LogP contribution < -0.4 is 0 Å². The predicted octanol–water partition coefficient (Wildman–Crippen LogP) is 13.5. The van der Waals surface area contributed by atoms with Crippen molar-refractivity contribution in [2.45, 2.75) is 12.8 Å². The molecule has 5 nitrogen and oxygen atoms in total. The Morgan fingerprint density at radius 3 is 1.66 bits per heavy atom. The van der Waals surface area contributed by atoms with Gasteiger partial charge in [0.05, 0.1) is 11.0 Å². The molecule has 5 heteroatoms. The van der Waals surface area contributed by atoms with Crippen molar-refractivity contribution in [1.82, 2.24) is 24.5 Å². The van der Waals surface area contributed by atoms with Crippen LogP contribution in [0.3, 0.4) is 0 Å². The quantitative estimate of drug-likeness (QED) is 0.164. The van der Waals surface area contributed by atoms with Crippen LogP contribution in [0.1, 0.15) is 24.0 Å². The second kappa shape index (κ2) is 13.2. The van der Waals surface area contributed by atoms with Crippen molar-refractivity contribution >= 4 is 43.4 Å². The molecule has 0 radical (unpaired) electrons. The smallest absolute Gasteiger partial charge is 0.164 e. The third kappa shape index (κ3) is 5.32. The Kier molecular flexibility index (Phi) is 7.44. The van der Waals surface area contributed by atoms with Gasteiger partial charge in [0, 0.05) is 33.9 Å². The van der Waals surface area contributed by atoms with E-state index in [0.29, 0.717) is 17.5 Å². The Morgan fingerprint density at radius 1 is 0.373 bits per heavy atom. The Morgan fingerprint density at radius 2 is 0.915 bits per heavy atom. The van der Waals surface area contributed by atoms with Gasteiger partial charge in [-0.3, -0.25) is 4.57 Å². The fourth-order valence-corrected chi connectivity index (χ4v) is 9.26. The first-order chi connectivity index (χ1) is 29.2. The molecule has 59 heavy (non-hydrogen) atoms. The predicted molar refractivity (Wildman–Crippen MR) is 242 cm³/mol. The van der Waals surface area contributed by atoms with Gasteiger partial charge in [0.25, 0.3) is 0 Å². The number of para-hydroxylation sites is 2. The summed E-state index contributed by atoms with van der Waals surface area (Å²) in [5, 5.41) is 7.31. The molecular weight excluding hydrogens is 719 g/mol. The maximum atomic E-state index is 5.29. The first-order valence-corrected chi connectivity index (χ1v) is 20.1. The van der Waals surface area contributed by atoms with Crippen LogP contribution in [0.2, 0.25) is 0 Å². The Balaban J connectivity index is 1.07. The van der Waals surface area contributed by atoms with E-state index >= 15 is 0 Å². The Hall–Kier alpha value is -7.76. The van der Waals surface area contributed by atoms with Crippen LogP contribution in [0.4, 0.5) is 0 Å². The van der Waals surface area contributed by atoms with Crippen molar-refractivity contribution in [3.05, 3.63) is 199 Å². The average molecular weight is 754 g/mol. The van der Waals surface area contributed by atoms with Crippen LogP contribution in [0.5, 0.6) is 0 Å². The van der Waals surface area contributed by atoms with Crippen LogP contribution in [0.25, 0.3) is 106 Å². The standard InChI is InChI=1S/C54H35N5/c1-33-39-18-5-6-19-40(39)45-28-26-36(31-47(33)45)52-56-51(35-16-13-17-38(30-35)59-50-25-12-11-24-49(50)55-54(59)34-14-3-2-4-15-34)57-53(58-52)37-27-29-46-43-22-8-7-20-41(43)42-21-9-10-23-44(42)48(46)32-37/h2-33H,1H3. The molecule has 2 aromatic heterocycles. The summed E-state index contributed by atoms with van der Waals surface area (Å²) in [4.78, 5) is 20.9. The van der Waals surface area contributed by atoms with Crippen LogP contribution >= 0.6 is 0 Å². The minimum Gasteiger partial charge on any atom is -0.292 e. The zero-order valence-corrected chi connectivity index (χ0v) is 32.2. The summed E-state index contributed by atoms with van der Waals surface area (Å²) in [6.45, 7) is 2.29. The molecule has 11 aromatic rings. The SMILES string of the molecule is CC1c2ccccc2-c2ccc(-c3nc(-c4cccc(-n5c(-c6ccccc6)nc6ccccc65)c4)nc(-c4ccc5c6ccccc6c6ccccc6c5c4)n3)cc21. The normalized spacial score (nSPS) is 13.3. The van der Waals surface area contributed by atoms with Gasteiger partial charge in [-0.15, -0.1) is 0 Å². The highest BCUT2D eigenvalue weighted by Gasteiger charge is 2.26. The van der Waals surface area contributed by atoms with Gasteiger partial charge in [-0.25, -0.2) is 19.9 Å². The lowest BCUT2D eigenvalue weighted by Gasteiger charge is -2.14. The number of nitrogens with zero attached hydrogens (tertiary/aromatic N) is 5. The summed E-state index contributed by atoms with van der Waals surface area (Å²) in [5.74, 6) is 3.03. The highest BCUT2D eigenvalue weighted by Crippen LogP contribution is 2.46. The second-order valence-electron chi connectivity index (χ2n) is 15.4. The largest absolute Gasteiger partial charge is 0.292 e. The lowest BCUT2D eigenvalue weighted by Crippen LogP contribution is -2.02. The Bertz CT molecular complexity index is 3440. The molecule has 9 aromatic carbocycles. The molecule has 1 unspecified atom stereocenters. The van der Waals surface area contributed by atoms with E-state index < -0.39 is 0 Å². The number of hydrogen-bond donors (Lipinski definition) is 0. The number of benzene rings is 9. The van der Waals surface area contributed by atoms with E-state index in [0.717, 1.165) is 44.8 Å². The minimum absolute atomic E-state index is 0.269. The summed E-state index contributed by atoms with van der Waals surface area (Å²) in [5.41, 5.74) is 12.0. The van der Waals surface area contributed by atoms with Crippen LogP contribution in [0.15, 0.2) is 188 Å². The van der Waals surface area contributed by atoms with Gasteiger partial charge >= 0.3 is 0 Å². The Labute approximate surface area is 341 Å². The van der Waals surface area contributed by atoms with Gasteiger partial charge in [-0.1, -0.05) is 159 Å². The fraction of sp³-hybridized carbons (Fsp3) is 0.0370. The lowest BCUT2D eigenvalue weighted by atomic mass is 9.93. The monoisotopic (exact) mass is 753 g/mol. The van der Waals surface area contributed by atoms with Crippen molar-refractivity contribution in [1.29, 1.82) is 0 Å². The molecule has 1 aliphatic carbocycles. The van der Waals surface area contributed by atoms with Gasteiger partial charge < -0.3 is 0 Å². The molecule has 0 bridgehead atoms. The highest BCUT2D eigenvalue weighted by molar-refractivity contribution is 6.25. The third-order valence-electron chi connectivity index (χ3n) is 12.1. The van der Waals surface area contributed by atoms with E-state index in [1.807, 2.05) is 12.1 Å². The molecule has 1 aliphatic rings. The zero-order chi connectivity index (χ0) is 39.0. The topological polar surface area (TPSA) is 56.5 Å². The van der Waals surface area contributed by atoms with Crippen LogP contribution in [-0.4, -0.2) is 24.5 Å². The number of hydrogen-bond acceptors (Lipinski definition) is 4. The maximum Gasteiger partial charge on any atom is 0.164 e. The lowest BCUT2D eigenvalue weighted by molar-refractivity contribution is 0.956. The van der Waals surface area contributed by atoms with Crippen molar-refractivity contribution in [2.75, 3.05) is 0 Å². The summed E-state index contributed by atoms with van der Waals surface area (Å²) < 4.78 is 2.23. The first-order valence-electron chi connectivity index (χ1n) is 20.1. The molecular formula is C54H35N5. The summed E-state index contributed by atoms with van der Waals surface area (Å²) in [6.07, 6.45) is 0. The summed E-state index contributed by atoms with van der Waals surface area (Å²) in [7, 11) is 0. The van der Waals surface area contributed by atoms with E-state index in [2.05, 4.69) is 187 Å². The molecule has 276 valence electrons. The number of imidazole rings is 1. The zero-order valence-electron chi connectivity index (χ0n) is 32.2. The molecule has 0 N–H and O–H groups in total. The molecule has 0 fully saturated rings. The van der Waals surface area contributed by atoms with E-state index in [1.165, 1.54) is 54.6 Å². The molecule has 12 rings (SSSR count). The van der Waals surface area contributed by atoms with E-state index in [1.54, 1.807) is 0 Å². The highest BCUT2D eigenvalue weighted by atomic mass is 15.1. The van der Waals surface area contributed by atoms with Crippen molar-refractivity contribution in [3.63, 3.8) is 0 Å². The number of fused-ring (bicyclic) bond motifs is 10. The van der Waals surface area contributed by atoms with E-state index in [-0.39, 0.29) is 5.92 Å². The fourth-order valence-electron chi connectivity index (χ4n) is 9.26. The molecule has 2 heterocycles. The molecule has 0 amide bonds. The van der Waals surface area contributed by atoms with Gasteiger partial charge in [0.15, 0.2) is 17.5 Å². The number of rotatable bonds is 5. The van der Waals surface area contributed by atoms with Crippen LogP contribution in [0, 0.1) is 0 Å². The molecule has 0 aliphatic heterocycles. The van der Waals surface area contributed by atoms with E-state index in [9.17, 15) is 0 Å². The molecule has 0 saturated heterocycles. The maximum absolute atomic E-state index is 5.29.